The minimum atomic E-state index is -0.632. The summed E-state index contributed by atoms with van der Waals surface area (Å²) < 4.78 is 28.8. The third-order valence-electron chi connectivity index (χ3n) is 4.48. The second-order valence-electron chi connectivity index (χ2n) is 6.68. The molecule has 1 aromatic carbocycles. The monoisotopic (exact) mass is 371 g/mol. The predicted molar refractivity (Wildman–Crippen MR) is 102 cm³/mol. The number of nitrogens with one attached hydrogen (secondary N) is 1. The van der Waals surface area contributed by atoms with Gasteiger partial charge in [0.2, 0.25) is 0 Å². The number of nitrogens with zero attached hydrogens (tertiary/aromatic N) is 4. The molecule has 2 heterocycles. The molecule has 3 aromatic rings. The Morgan fingerprint density at radius 2 is 1.85 bits per heavy atom. The van der Waals surface area contributed by atoms with E-state index < -0.39 is 11.6 Å². The first-order valence-corrected chi connectivity index (χ1v) is 8.70. The maximum atomic E-state index is 14.1. The first-order chi connectivity index (χ1) is 12.9. The van der Waals surface area contributed by atoms with Crippen LogP contribution in [0.3, 0.4) is 0 Å². The van der Waals surface area contributed by atoms with E-state index in [4.69, 9.17) is 0 Å². The number of anilines is 1. The van der Waals surface area contributed by atoms with E-state index in [2.05, 4.69) is 15.4 Å². The molecule has 0 aliphatic rings. The van der Waals surface area contributed by atoms with Crippen LogP contribution in [-0.2, 0) is 13.1 Å². The summed E-state index contributed by atoms with van der Waals surface area (Å²) in [5.74, 6) is -0.325. The third-order valence-corrected chi connectivity index (χ3v) is 4.48. The average molecular weight is 371 g/mol. The van der Waals surface area contributed by atoms with Crippen molar-refractivity contribution in [3.8, 4) is 5.69 Å². The number of aromatic nitrogens is 3. The van der Waals surface area contributed by atoms with E-state index in [1.807, 2.05) is 51.2 Å². The average Bonchev–Trinajstić information content (AvgIpc) is 2.90. The highest BCUT2D eigenvalue weighted by molar-refractivity contribution is 5.39. The molecule has 27 heavy (non-hydrogen) atoms. The molecular weight excluding hydrogens is 348 g/mol. The second kappa shape index (κ2) is 7.84. The number of rotatable bonds is 6. The lowest BCUT2D eigenvalue weighted by molar-refractivity contribution is 0.572. The highest BCUT2D eigenvalue weighted by Gasteiger charge is 2.15. The van der Waals surface area contributed by atoms with Crippen molar-refractivity contribution in [2.75, 3.05) is 19.0 Å². The Bertz CT molecular complexity index is 932. The van der Waals surface area contributed by atoms with Gasteiger partial charge >= 0.3 is 0 Å². The zero-order valence-electron chi connectivity index (χ0n) is 15.9. The van der Waals surface area contributed by atoms with Crippen molar-refractivity contribution >= 4 is 5.82 Å². The minimum absolute atomic E-state index is 0.242. The molecule has 0 amide bonds. The quantitative estimate of drug-likeness (QED) is 0.720. The van der Waals surface area contributed by atoms with Gasteiger partial charge in [0.25, 0.3) is 0 Å². The molecule has 0 saturated heterocycles. The van der Waals surface area contributed by atoms with Crippen LogP contribution in [0.5, 0.6) is 0 Å². The van der Waals surface area contributed by atoms with Crippen molar-refractivity contribution in [1.29, 1.82) is 0 Å². The fraction of sp³-hybridized carbons (Fsp3) is 0.300. The summed E-state index contributed by atoms with van der Waals surface area (Å²) in [5.41, 5.74) is 3.95. The van der Waals surface area contributed by atoms with Crippen LogP contribution < -0.4 is 10.2 Å². The molecule has 5 nitrogen and oxygen atoms in total. The van der Waals surface area contributed by atoms with Crippen LogP contribution in [0.15, 0.2) is 36.5 Å². The minimum Gasteiger partial charge on any atom is -0.363 e. The summed E-state index contributed by atoms with van der Waals surface area (Å²) in [6.07, 6.45) is 1.85. The number of hydrogen-bond acceptors (Lipinski definition) is 4. The van der Waals surface area contributed by atoms with Crippen molar-refractivity contribution in [2.45, 2.75) is 26.9 Å². The fourth-order valence-electron chi connectivity index (χ4n) is 2.94. The van der Waals surface area contributed by atoms with Crippen molar-refractivity contribution in [3.63, 3.8) is 0 Å². The molecule has 0 radical (unpaired) electrons. The molecule has 7 heteroatoms. The molecule has 0 unspecified atom stereocenters. The molecule has 0 atom stereocenters. The van der Waals surface area contributed by atoms with Crippen LogP contribution in [-0.4, -0.2) is 28.9 Å². The van der Waals surface area contributed by atoms with Crippen LogP contribution in [0, 0.1) is 25.5 Å². The Balaban J connectivity index is 1.71. The Kier molecular flexibility index (Phi) is 5.51. The molecule has 0 aliphatic carbocycles. The maximum Gasteiger partial charge on any atom is 0.151 e. The van der Waals surface area contributed by atoms with Gasteiger partial charge in [-0.25, -0.2) is 18.4 Å². The van der Waals surface area contributed by atoms with Gasteiger partial charge in [0.15, 0.2) is 5.82 Å². The van der Waals surface area contributed by atoms with E-state index in [9.17, 15) is 8.78 Å². The van der Waals surface area contributed by atoms with Gasteiger partial charge in [-0.15, -0.1) is 0 Å². The maximum absolute atomic E-state index is 14.1. The number of halogens is 2. The fourth-order valence-corrected chi connectivity index (χ4v) is 2.94. The normalized spacial score (nSPS) is 11.0. The molecule has 0 fully saturated rings. The van der Waals surface area contributed by atoms with E-state index in [0.29, 0.717) is 13.1 Å². The lowest BCUT2D eigenvalue weighted by Crippen LogP contribution is -2.15. The summed E-state index contributed by atoms with van der Waals surface area (Å²) in [4.78, 5) is 6.35. The van der Waals surface area contributed by atoms with Gasteiger partial charge in [-0.3, -0.25) is 0 Å². The molecule has 1 N–H and O–H groups in total. The SMILES string of the molecule is Cc1nn(-c2ccc(F)cc2F)c(C)c1CNCc1ccc(N(C)C)nc1. The summed E-state index contributed by atoms with van der Waals surface area (Å²) in [5, 5.41) is 7.80. The summed E-state index contributed by atoms with van der Waals surface area (Å²) in [6.45, 7) is 5.02. The molecule has 0 aliphatic heterocycles. The van der Waals surface area contributed by atoms with Crippen molar-refractivity contribution in [1.82, 2.24) is 20.1 Å². The zero-order valence-corrected chi connectivity index (χ0v) is 15.9. The predicted octanol–water partition coefficient (Wildman–Crippen LogP) is 3.52. The number of benzene rings is 1. The molecule has 2 aromatic heterocycles. The van der Waals surface area contributed by atoms with Crippen LogP contribution in [0.1, 0.15) is 22.5 Å². The van der Waals surface area contributed by atoms with Crippen LogP contribution >= 0.6 is 0 Å². The molecule has 0 spiro atoms. The van der Waals surface area contributed by atoms with Crippen molar-refractivity contribution < 1.29 is 8.78 Å². The summed E-state index contributed by atoms with van der Waals surface area (Å²) >= 11 is 0. The third kappa shape index (κ3) is 4.14. The summed E-state index contributed by atoms with van der Waals surface area (Å²) in [7, 11) is 3.90. The second-order valence-corrected chi connectivity index (χ2v) is 6.68. The van der Waals surface area contributed by atoms with Crippen LogP contribution in [0.25, 0.3) is 5.69 Å². The first-order valence-electron chi connectivity index (χ1n) is 8.70. The van der Waals surface area contributed by atoms with Gasteiger partial charge in [0, 0.05) is 50.7 Å². The smallest absolute Gasteiger partial charge is 0.151 e. The van der Waals surface area contributed by atoms with E-state index in [1.54, 1.807) is 0 Å². The van der Waals surface area contributed by atoms with Gasteiger partial charge in [-0.2, -0.15) is 5.10 Å². The van der Waals surface area contributed by atoms with Crippen molar-refractivity contribution in [2.24, 2.45) is 0 Å². The number of pyridine rings is 1. The van der Waals surface area contributed by atoms with E-state index >= 15 is 0 Å². The van der Waals surface area contributed by atoms with Crippen molar-refractivity contribution in [3.05, 3.63) is 70.7 Å². The first kappa shape index (κ1) is 19.0. The van der Waals surface area contributed by atoms with Gasteiger partial charge in [-0.05, 0) is 37.6 Å². The molecule has 0 saturated carbocycles. The Morgan fingerprint density at radius 1 is 1.07 bits per heavy atom. The number of hydrogen-bond donors (Lipinski definition) is 1. The van der Waals surface area contributed by atoms with Crippen LogP contribution in [0.2, 0.25) is 0 Å². The highest BCUT2D eigenvalue weighted by atomic mass is 19.1. The lowest BCUT2D eigenvalue weighted by Gasteiger charge is -2.11. The topological polar surface area (TPSA) is 46.0 Å². The molecule has 3 rings (SSSR count). The Hall–Kier alpha value is -2.80. The lowest BCUT2D eigenvalue weighted by atomic mass is 10.2. The van der Waals surface area contributed by atoms with E-state index in [1.165, 1.54) is 16.8 Å². The Morgan fingerprint density at radius 3 is 2.48 bits per heavy atom. The molecule has 0 bridgehead atoms. The van der Waals surface area contributed by atoms with Crippen LogP contribution in [0.4, 0.5) is 14.6 Å². The van der Waals surface area contributed by atoms with Gasteiger partial charge < -0.3 is 10.2 Å². The van der Waals surface area contributed by atoms with E-state index in [-0.39, 0.29) is 5.69 Å². The molecular formula is C20H23F2N5. The Labute approximate surface area is 157 Å². The number of aryl methyl sites for hydroxylation is 1. The van der Waals surface area contributed by atoms with E-state index in [0.717, 1.165) is 34.4 Å². The summed E-state index contributed by atoms with van der Waals surface area (Å²) in [6, 6.07) is 7.51. The molecule has 142 valence electrons. The van der Waals surface area contributed by atoms with Gasteiger partial charge in [-0.1, -0.05) is 6.07 Å². The van der Waals surface area contributed by atoms with Gasteiger partial charge in [0.05, 0.1) is 5.69 Å². The highest BCUT2D eigenvalue weighted by Crippen LogP contribution is 2.21. The largest absolute Gasteiger partial charge is 0.363 e. The zero-order chi connectivity index (χ0) is 19.6. The standard InChI is InChI=1S/C20H23F2N5/c1-13-17(12-23-10-15-5-8-20(24-11-15)26(3)4)14(2)27(25-13)19-7-6-16(21)9-18(19)22/h5-9,11,23H,10,12H2,1-4H3. The van der Waals surface area contributed by atoms with Gasteiger partial charge in [0.1, 0.15) is 17.3 Å².